The molecule has 1 aliphatic heterocycles. The summed E-state index contributed by atoms with van der Waals surface area (Å²) in [7, 11) is 0. The van der Waals surface area contributed by atoms with Crippen molar-refractivity contribution in [2.45, 2.75) is 38.7 Å². The molecule has 1 fully saturated rings. The molecule has 1 rings (SSSR count). The molecule has 1 saturated heterocycles. The summed E-state index contributed by atoms with van der Waals surface area (Å²) in [5.74, 6) is -3.00. The van der Waals surface area contributed by atoms with Gasteiger partial charge in [-0.25, -0.2) is 4.79 Å². The second-order valence-electron chi connectivity index (χ2n) is 4.96. The van der Waals surface area contributed by atoms with E-state index in [1.54, 1.807) is 20.8 Å². The molecular weight excluding hydrogens is 216 g/mol. The number of hydrogen-bond acceptors (Lipinski definition) is 2. The zero-order valence-corrected chi connectivity index (χ0v) is 9.85. The quantitative estimate of drug-likeness (QED) is 0.602. The summed E-state index contributed by atoms with van der Waals surface area (Å²) in [5.41, 5.74) is -0.784. The lowest BCUT2D eigenvalue weighted by Gasteiger charge is -2.35. The number of nitrogens with zero attached hydrogens (tertiary/aromatic N) is 1. The summed E-state index contributed by atoms with van der Waals surface area (Å²) in [4.78, 5) is 12.6. The van der Waals surface area contributed by atoms with Crippen molar-refractivity contribution in [1.29, 1.82) is 0 Å². The summed E-state index contributed by atoms with van der Waals surface area (Å²) in [5, 5.41) is 0. The van der Waals surface area contributed by atoms with Gasteiger partial charge in [0.1, 0.15) is 5.60 Å². The van der Waals surface area contributed by atoms with E-state index in [1.807, 2.05) is 0 Å². The van der Waals surface area contributed by atoms with Crippen molar-refractivity contribution in [3.63, 3.8) is 0 Å². The molecular formula is C11H17F2NO2. The van der Waals surface area contributed by atoms with Crippen LogP contribution in [0.4, 0.5) is 13.6 Å². The molecule has 0 radical (unpaired) electrons. The Morgan fingerprint density at radius 1 is 1.50 bits per heavy atom. The minimum atomic E-state index is -3.00. The fraction of sp³-hybridized carbons (Fsp3) is 0.727. The van der Waals surface area contributed by atoms with E-state index in [2.05, 4.69) is 6.58 Å². The largest absolute Gasteiger partial charge is 0.444 e. The van der Waals surface area contributed by atoms with Crippen LogP contribution in [0.2, 0.25) is 0 Å². The van der Waals surface area contributed by atoms with Gasteiger partial charge in [0.15, 0.2) is 0 Å². The van der Waals surface area contributed by atoms with Crippen LogP contribution in [0.25, 0.3) is 0 Å². The van der Waals surface area contributed by atoms with Gasteiger partial charge in [0, 0.05) is 6.54 Å². The van der Waals surface area contributed by atoms with Gasteiger partial charge in [-0.15, -0.1) is 0 Å². The number of piperidine rings is 1. The van der Waals surface area contributed by atoms with Crippen LogP contribution in [-0.2, 0) is 4.74 Å². The second-order valence-corrected chi connectivity index (χ2v) is 4.96. The maximum absolute atomic E-state index is 13.3. The van der Waals surface area contributed by atoms with Crippen molar-refractivity contribution in [3.8, 4) is 0 Å². The van der Waals surface area contributed by atoms with Crippen LogP contribution < -0.4 is 0 Å². The van der Waals surface area contributed by atoms with E-state index in [-0.39, 0.29) is 18.5 Å². The number of rotatable bonds is 0. The van der Waals surface area contributed by atoms with Crippen LogP contribution >= 0.6 is 0 Å². The normalized spacial score (nSPS) is 20.8. The van der Waals surface area contributed by atoms with E-state index < -0.39 is 24.2 Å². The van der Waals surface area contributed by atoms with Crippen molar-refractivity contribution in [1.82, 2.24) is 4.90 Å². The molecule has 0 aromatic heterocycles. The average Bonchev–Trinajstić information content (AvgIpc) is 2.06. The van der Waals surface area contributed by atoms with Crippen LogP contribution in [0.3, 0.4) is 0 Å². The zero-order valence-electron chi connectivity index (χ0n) is 9.85. The van der Waals surface area contributed by atoms with Crippen molar-refractivity contribution in [3.05, 3.63) is 12.2 Å². The molecule has 0 atom stereocenters. The lowest BCUT2D eigenvalue weighted by Crippen LogP contribution is -2.48. The fourth-order valence-corrected chi connectivity index (χ4v) is 1.37. The van der Waals surface area contributed by atoms with Crippen LogP contribution in [0.15, 0.2) is 12.2 Å². The molecule has 1 amide bonds. The molecule has 0 unspecified atom stereocenters. The van der Waals surface area contributed by atoms with Crippen LogP contribution in [0.1, 0.15) is 27.2 Å². The number of alkyl halides is 2. The number of halogens is 2. The van der Waals surface area contributed by atoms with Gasteiger partial charge in [-0.3, -0.25) is 0 Å². The Hall–Kier alpha value is -1.13. The summed E-state index contributed by atoms with van der Waals surface area (Å²) >= 11 is 0. The number of carbonyl (C=O) groups is 1. The van der Waals surface area contributed by atoms with Gasteiger partial charge < -0.3 is 9.64 Å². The smallest absolute Gasteiger partial charge is 0.410 e. The minimum Gasteiger partial charge on any atom is -0.444 e. The van der Waals surface area contributed by atoms with Crippen molar-refractivity contribution >= 4 is 6.09 Å². The first kappa shape index (κ1) is 12.9. The summed E-state index contributed by atoms with van der Waals surface area (Å²) in [6.45, 7) is 8.01. The molecule has 92 valence electrons. The third kappa shape index (κ3) is 3.18. The molecule has 1 aliphatic rings. The van der Waals surface area contributed by atoms with Gasteiger partial charge in [0.05, 0.1) is 6.54 Å². The van der Waals surface area contributed by atoms with E-state index in [0.717, 1.165) is 4.90 Å². The number of ether oxygens (including phenoxy) is 1. The van der Waals surface area contributed by atoms with Crippen molar-refractivity contribution in [2.24, 2.45) is 0 Å². The Balaban J connectivity index is 2.63. The number of carbonyl (C=O) groups excluding carboxylic acids is 1. The highest BCUT2D eigenvalue weighted by atomic mass is 19.3. The molecule has 5 heteroatoms. The fourth-order valence-electron chi connectivity index (χ4n) is 1.37. The predicted molar refractivity (Wildman–Crippen MR) is 56.5 cm³/mol. The Morgan fingerprint density at radius 2 is 2.06 bits per heavy atom. The highest BCUT2D eigenvalue weighted by molar-refractivity contribution is 5.68. The van der Waals surface area contributed by atoms with Crippen LogP contribution in [-0.4, -0.2) is 35.6 Å². The SMILES string of the molecule is C=C1CCN(C(=O)OC(C)(C)C)CC1(F)F. The number of hydrogen-bond donors (Lipinski definition) is 0. The highest BCUT2D eigenvalue weighted by Crippen LogP contribution is 2.31. The van der Waals surface area contributed by atoms with Gasteiger partial charge in [-0.1, -0.05) is 6.58 Å². The third-order valence-electron chi connectivity index (χ3n) is 2.24. The van der Waals surface area contributed by atoms with E-state index in [9.17, 15) is 13.6 Å². The molecule has 3 nitrogen and oxygen atoms in total. The Labute approximate surface area is 94.1 Å². The van der Waals surface area contributed by atoms with Gasteiger partial charge in [0.2, 0.25) is 0 Å². The Morgan fingerprint density at radius 3 is 2.50 bits per heavy atom. The summed E-state index contributed by atoms with van der Waals surface area (Å²) in [6.07, 6.45) is -0.577. The maximum Gasteiger partial charge on any atom is 0.410 e. The first-order valence-electron chi connectivity index (χ1n) is 5.16. The van der Waals surface area contributed by atoms with E-state index in [0.29, 0.717) is 0 Å². The van der Waals surface area contributed by atoms with Crippen molar-refractivity contribution < 1.29 is 18.3 Å². The van der Waals surface area contributed by atoms with Gasteiger partial charge in [-0.05, 0) is 32.8 Å². The lowest BCUT2D eigenvalue weighted by molar-refractivity contribution is -0.0342. The molecule has 16 heavy (non-hydrogen) atoms. The topological polar surface area (TPSA) is 29.5 Å². The Kier molecular flexibility index (Phi) is 3.26. The minimum absolute atomic E-state index is 0.117. The molecule has 0 N–H and O–H groups in total. The van der Waals surface area contributed by atoms with Crippen LogP contribution in [0.5, 0.6) is 0 Å². The molecule has 0 aromatic carbocycles. The molecule has 0 aromatic rings. The molecule has 0 spiro atoms. The molecule has 0 aliphatic carbocycles. The van der Waals surface area contributed by atoms with E-state index in [4.69, 9.17) is 4.74 Å². The van der Waals surface area contributed by atoms with Crippen molar-refractivity contribution in [2.75, 3.05) is 13.1 Å². The standard InChI is InChI=1S/C11H17F2NO2/c1-8-5-6-14(7-11(8,12)13)9(15)16-10(2,3)4/h1,5-7H2,2-4H3. The predicted octanol–water partition coefficient (Wildman–Crippen LogP) is 2.82. The summed E-state index contributed by atoms with van der Waals surface area (Å²) < 4.78 is 31.6. The third-order valence-corrected chi connectivity index (χ3v) is 2.24. The van der Waals surface area contributed by atoms with E-state index in [1.165, 1.54) is 0 Å². The van der Waals surface area contributed by atoms with Gasteiger partial charge in [0.25, 0.3) is 5.92 Å². The average molecular weight is 233 g/mol. The second kappa shape index (κ2) is 4.03. The zero-order chi connectivity index (χ0) is 12.6. The maximum atomic E-state index is 13.3. The van der Waals surface area contributed by atoms with Crippen LogP contribution in [0, 0.1) is 0 Å². The monoisotopic (exact) mass is 233 g/mol. The van der Waals surface area contributed by atoms with E-state index >= 15 is 0 Å². The number of amides is 1. The highest BCUT2D eigenvalue weighted by Gasteiger charge is 2.41. The molecule has 0 bridgehead atoms. The molecule has 0 saturated carbocycles. The first-order valence-corrected chi connectivity index (χ1v) is 5.16. The van der Waals surface area contributed by atoms with Gasteiger partial charge >= 0.3 is 6.09 Å². The Bertz CT molecular complexity index is 308. The lowest BCUT2D eigenvalue weighted by atomic mass is 10.0. The summed E-state index contributed by atoms with van der Waals surface area (Å²) in [6, 6.07) is 0. The first-order chi connectivity index (χ1) is 7.12. The number of likely N-dealkylation sites (tertiary alicyclic amines) is 1. The van der Waals surface area contributed by atoms with Gasteiger partial charge in [-0.2, -0.15) is 8.78 Å². The molecule has 1 heterocycles.